The van der Waals surface area contributed by atoms with Crippen LogP contribution < -0.4 is 10.1 Å². The first-order valence-corrected chi connectivity index (χ1v) is 8.88. The number of hydrogen-bond acceptors (Lipinski definition) is 6. The molecule has 4 rings (SSSR count). The Bertz CT molecular complexity index is 1080. The second kappa shape index (κ2) is 7.04. The maximum Gasteiger partial charge on any atom is 0.458 e. The van der Waals surface area contributed by atoms with Crippen molar-refractivity contribution in [3.05, 3.63) is 36.3 Å². The van der Waals surface area contributed by atoms with Gasteiger partial charge in [-0.25, -0.2) is 4.98 Å². The molecule has 160 valence electrons. The maximum absolute atomic E-state index is 14.3. The highest BCUT2D eigenvalue weighted by molar-refractivity contribution is 5.80. The van der Waals surface area contributed by atoms with Crippen LogP contribution in [-0.2, 0) is 5.92 Å². The van der Waals surface area contributed by atoms with Crippen LogP contribution in [0.25, 0.3) is 16.8 Å². The van der Waals surface area contributed by atoms with E-state index in [0.717, 1.165) is 13.2 Å². The summed E-state index contributed by atoms with van der Waals surface area (Å²) in [7, 11) is 1.16. The van der Waals surface area contributed by atoms with E-state index in [1.54, 1.807) is 0 Å². The van der Waals surface area contributed by atoms with Gasteiger partial charge in [-0.05, 0) is 31.0 Å². The first-order chi connectivity index (χ1) is 14.1. The van der Waals surface area contributed by atoms with Crippen LogP contribution in [0.1, 0.15) is 18.4 Å². The summed E-state index contributed by atoms with van der Waals surface area (Å²) in [6.45, 7) is 0. The third kappa shape index (κ3) is 3.30. The third-order valence-corrected chi connectivity index (χ3v) is 4.98. The molecule has 2 aromatic heterocycles. The topological polar surface area (TPSA) is 84.6 Å². The number of nitrogens with zero attached hydrogens (tertiary/aromatic N) is 4. The molecule has 1 saturated carbocycles. The number of methoxy groups -OCH3 is 1. The number of anilines is 1. The molecule has 0 spiro atoms. The van der Waals surface area contributed by atoms with Crippen molar-refractivity contribution in [3.63, 3.8) is 0 Å². The van der Waals surface area contributed by atoms with Crippen molar-refractivity contribution in [2.24, 2.45) is 0 Å². The van der Waals surface area contributed by atoms with Gasteiger partial charge in [-0.1, -0.05) is 0 Å². The fourth-order valence-electron chi connectivity index (χ4n) is 3.28. The molecule has 1 aliphatic carbocycles. The number of aliphatic hydroxyl groups is 1. The highest BCUT2D eigenvalue weighted by atomic mass is 19.4. The third-order valence-electron chi connectivity index (χ3n) is 4.98. The van der Waals surface area contributed by atoms with Gasteiger partial charge in [0.1, 0.15) is 17.8 Å². The monoisotopic (exact) mass is 429 g/mol. The van der Waals surface area contributed by atoms with E-state index in [1.807, 2.05) is 0 Å². The number of rotatable bonds is 5. The van der Waals surface area contributed by atoms with Crippen LogP contribution in [0.2, 0.25) is 0 Å². The predicted molar refractivity (Wildman–Crippen MR) is 95.4 cm³/mol. The summed E-state index contributed by atoms with van der Waals surface area (Å²) in [5.41, 5.74) is -1.73. The molecule has 0 unspecified atom stereocenters. The number of alkyl halides is 5. The van der Waals surface area contributed by atoms with Crippen molar-refractivity contribution in [1.82, 2.24) is 19.6 Å². The second-order valence-corrected chi connectivity index (χ2v) is 6.97. The van der Waals surface area contributed by atoms with Gasteiger partial charge < -0.3 is 15.2 Å². The van der Waals surface area contributed by atoms with Crippen LogP contribution >= 0.6 is 0 Å². The van der Waals surface area contributed by atoms with E-state index in [2.05, 4.69) is 20.5 Å². The van der Waals surface area contributed by atoms with E-state index < -0.39 is 29.3 Å². The van der Waals surface area contributed by atoms with Gasteiger partial charge in [0.2, 0.25) is 5.95 Å². The molecule has 2 N–H and O–H groups in total. The number of halogens is 5. The maximum atomic E-state index is 14.3. The first kappa shape index (κ1) is 20.3. The fourth-order valence-corrected chi connectivity index (χ4v) is 3.28. The van der Waals surface area contributed by atoms with Crippen LogP contribution in [0, 0.1) is 0 Å². The highest BCUT2D eigenvalue weighted by Crippen LogP contribution is 2.48. The normalized spacial score (nSPS) is 19.6. The van der Waals surface area contributed by atoms with Crippen LogP contribution in [0.3, 0.4) is 0 Å². The van der Waals surface area contributed by atoms with Gasteiger partial charge in [-0.3, -0.25) is 4.40 Å². The summed E-state index contributed by atoms with van der Waals surface area (Å²) in [6.07, 6.45) is -2.59. The van der Waals surface area contributed by atoms with E-state index >= 15 is 0 Å². The van der Waals surface area contributed by atoms with Crippen molar-refractivity contribution in [2.75, 3.05) is 12.4 Å². The molecule has 7 nitrogen and oxygen atoms in total. The first-order valence-electron chi connectivity index (χ1n) is 8.88. The van der Waals surface area contributed by atoms with Crippen LogP contribution in [-0.4, -0.2) is 50.1 Å². The van der Waals surface area contributed by atoms with E-state index in [9.17, 15) is 27.1 Å². The molecule has 0 aliphatic heterocycles. The number of hydrogen-bond donors (Lipinski definition) is 2. The Morgan fingerprint density at radius 3 is 2.53 bits per heavy atom. The Kier molecular flexibility index (Phi) is 4.76. The van der Waals surface area contributed by atoms with Gasteiger partial charge in [0.25, 0.3) is 0 Å². The predicted octanol–water partition coefficient (Wildman–Crippen LogP) is 3.39. The van der Waals surface area contributed by atoms with E-state index in [-0.39, 0.29) is 29.0 Å². The molecule has 1 fully saturated rings. The van der Waals surface area contributed by atoms with Gasteiger partial charge in [-0.2, -0.15) is 22.0 Å². The van der Waals surface area contributed by atoms with Gasteiger partial charge in [0.05, 0.1) is 24.9 Å². The number of fused-ring (bicyclic) bond motifs is 1. The lowest BCUT2D eigenvalue weighted by molar-refractivity contribution is -0.289. The van der Waals surface area contributed by atoms with Gasteiger partial charge in [0.15, 0.2) is 0 Å². The minimum atomic E-state index is -5.81. The summed E-state index contributed by atoms with van der Waals surface area (Å²) < 4.78 is 74.2. The molecule has 3 aromatic rings. The molecule has 0 bridgehead atoms. The Morgan fingerprint density at radius 1 is 1.17 bits per heavy atom. The Morgan fingerprint density at radius 2 is 1.90 bits per heavy atom. The van der Waals surface area contributed by atoms with Crippen LogP contribution in [0.5, 0.6) is 5.75 Å². The number of aromatic nitrogens is 4. The molecule has 1 aromatic carbocycles. The number of benzene rings is 1. The zero-order valence-electron chi connectivity index (χ0n) is 15.5. The Labute approximate surface area is 166 Å². The average Bonchev–Trinajstić information content (AvgIpc) is 3.16. The van der Waals surface area contributed by atoms with Crippen LogP contribution in [0.15, 0.2) is 30.7 Å². The smallest absolute Gasteiger partial charge is 0.458 e. The van der Waals surface area contributed by atoms with Gasteiger partial charge >= 0.3 is 12.1 Å². The van der Waals surface area contributed by atoms with Crippen LogP contribution in [0.4, 0.5) is 27.9 Å². The molecule has 0 amide bonds. The lowest BCUT2D eigenvalue weighted by Crippen LogP contribution is -2.39. The molecule has 1 aliphatic rings. The molecule has 12 heteroatoms. The quantitative estimate of drug-likeness (QED) is 0.605. The number of aliphatic hydroxyl groups excluding tert-OH is 1. The molecule has 0 radical (unpaired) electrons. The average molecular weight is 429 g/mol. The second-order valence-electron chi connectivity index (χ2n) is 6.97. The zero-order valence-corrected chi connectivity index (χ0v) is 15.5. The van der Waals surface area contributed by atoms with E-state index in [4.69, 9.17) is 4.74 Å². The molecule has 30 heavy (non-hydrogen) atoms. The standard InChI is InChI=1S/C18H16F5N5O2/c1-30-11-2-3-12(13(6-11)17(19,20)18(21,22)23)15-14-7-24-8-28(14)16(27-26-15)25-9-4-10(29)5-9/h2-3,6-10,29H,4-5H2,1H3,(H,25,27). The van der Waals surface area contributed by atoms with Crippen molar-refractivity contribution in [3.8, 4) is 17.0 Å². The lowest BCUT2D eigenvalue weighted by Gasteiger charge is -2.32. The Balaban J connectivity index is 1.84. The minimum Gasteiger partial charge on any atom is -0.497 e. The van der Waals surface area contributed by atoms with E-state index in [1.165, 1.54) is 23.0 Å². The SMILES string of the molecule is COc1ccc(-c2nnc(NC3CC(O)C3)n3cncc23)c(C(F)(F)C(F)(F)F)c1. The van der Waals surface area contributed by atoms with E-state index in [0.29, 0.717) is 18.9 Å². The molecular formula is C18H16F5N5O2. The fraction of sp³-hybridized carbons (Fsp3) is 0.389. The summed E-state index contributed by atoms with van der Waals surface area (Å²) in [5, 5.41) is 20.3. The van der Waals surface area contributed by atoms with Gasteiger partial charge in [0, 0.05) is 17.2 Å². The molecule has 0 atom stereocenters. The summed E-state index contributed by atoms with van der Waals surface area (Å²) >= 11 is 0. The lowest BCUT2D eigenvalue weighted by atomic mass is 9.90. The summed E-state index contributed by atoms with van der Waals surface area (Å²) in [4.78, 5) is 3.95. The zero-order chi connectivity index (χ0) is 21.7. The largest absolute Gasteiger partial charge is 0.497 e. The summed E-state index contributed by atoms with van der Waals surface area (Å²) in [6, 6.07) is 2.93. The number of imidazole rings is 1. The molecule has 2 heterocycles. The summed E-state index contributed by atoms with van der Waals surface area (Å²) in [5.74, 6) is -5.06. The highest BCUT2D eigenvalue weighted by Gasteiger charge is 2.60. The minimum absolute atomic E-state index is 0.0585. The Hall–Kier alpha value is -3.02. The van der Waals surface area contributed by atoms with Crippen molar-refractivity contribution < 1.29 is 31.8 Å². The molecular weight excluding hydrogens is 413 g/mol. The number of ether oxygens (including phenoxy) is 1. The number of nitrogens with one attached hydrogen (secondary N) is 1. The van der Waals surface area contributed by atoms with Crippen molar-refractivity contribution >= 4 is 11.5 Å². The van der Waals surface area contributed by atoms with Crippen molar-refractivity contribution in [2.45, 2.75) is 37.1 Å². The van der Waals surface area contributed by atoms with Crippen molar-refractivity contribution in [1.29, 1.82) is 0 Å². The van der Waals surface area contributed by atoms with Gasteiger partial charge in [-0.15, -0.1) is 10.2 Å². The molecule has 0 saturated heterocycles.